The highest BCUT2D eigenvalue weighted by atomic mass is 31.2. The van der Waals surface area contributed by atoms with Crippen molar-refractivity contribution in [3.05, 3.63) is 0 Å². The number of likely N-dealkylation sites (tertiary alicyclic amines) is 1. The first kappa shape index (κ1) is 15.7. The molecule has 0 spiro atoms. The first-order valence-corrected chi connectivity index (χ1v) is 7.95. The van der Waals surface area contributed by atoms with Crippen LogP contribution >= 0.6 is 7.37 Å². The van der Waals surface area contributed by atoms with Gasteiger partial charge in [-0.05, 0) is 6.42 Å². The van der Waals surface area contributed by atoms with Gasteiger partial charge < -0.3 is 20.0 Å². The highest BCUT2D eigenvalue weighted by Crippen LogP contribution is 2.37. The third kappa shape index (κ3) is 4.33. The highest BCUT2D eigenvalue weighted by molar-refractivity contribution is 7.57. The second-order valence-electron chi connectivity index (χ2n) is 4.70. The molecule has 3 unspecified atom stereocenters. The summed E-state index contributed by atoms with van der Waals surface area (Å²) in [5.41, 5.74) is 0. The van der Waals surface area contributed by atoms with Crippen molar-refractivity contribution in [1.82, 2.24) is 4.90 Å². The summed E-state index contributed by atoms with van der Waals surface area (Å²) < 4.78 is 11.2. The molecule has 1 aliphatic rings. The van der Waals surface area contributed by atoms with Crippen LogP contribution in [0, 0.1) is 5.92 Å². The summed E-state index contributed by atoms with van der Waals surface area (Å²) in [6.45, 7) is 0.933. The Morgan fingerprint density at radius 1 is 1.47 bits per heavy atom. The van der Waals surface area contributed by atoms with Gasteiger partial charge in [-0.2, -0.15) is 0 Å². The molecule has 108 valence electrons. The Labute approximate surface area is 109 Å². The summed E-state index contributed by atoms with van der Waals surface area (Å²) in [4.78, 5) is 43.7. The minimum absolute atomic E-state index is 0.169. The maximum atomic E-state index is 11.6. The lowest BCUT2D eigenvalue weighted by Gasteiger charge is -2.24. The van der Waals surface area contributed by atoms with E-state index < -0.39 is 37.2 Å². The lowest BCUT2D eigenvalue weighted by atomic mass is 10.1. The van der Waals surface area contributed by atoms with E-state index in [9.17, 15) is 18.9 Å². The smallest absolute Gasteiger partial charge is 0.326 e. The summed E-state index contributed by atoms with van der Waals surface area (Å²) in [7, 11) is -3.37. The molecule has 1 saturated heterocycles. The van der Waals surface area contributed by atoms with E-state index in [2.05, 4.69) is 0 Å². The quantitative estimate of drug-likeness (QED) is 0.571. The van der Waals surface area contributed by atoms with Gasteiger partial charge in [0.15, 0.2) is 7.37 Å². The summed E-state index contributed by atoms with van der Waals surface area (Å²) in [5.74, 6) is -3.92. The molecule has 0 aliphatic carbocycles. The average Bonchev–Trinajstić information content (AvgIpc) is 2.59. The van der Waals surface area contributed by atoms with Gasteiger partial charge in [0, 0.05) is 25.8 Å². The molecule has 0 radical (unpaired) electrons. The number of hydrogen-bond acceptors (Lipinski definition) is 4. The standard InChI is InChI=1S/C10H16NO7P/c1-19(17,18)3-2-7(10(15)16)11-5-6(9(13)14)4-8(11)12/h6-7H,2-5H2,1H3,(H,13,14)(H,15,16)(H,17,18). The van der Waals surface area contributed by atoms with E-state index in [0.717, 1.165) is 11.6 Å². The predicted molar refractivity (Wildman–Crippen MR) is 64.1 cm³/mol. The van der Waals surface area contributed by atoms with Gasteiger partial charge in [0.2, 0.25) is 5.91 Å². The molecule has 0 aromatic carbocycles. The summed E-state index contributed by atoms with van der Waals surface area (Å²) in [6.07, 6.45) is -0.634. The zero-order chi connectivity index (χ0) is 14.8. The molecule has 0 saturated carbocycles. The number of carbonyl (C=O) groups is 3. The molecule has 1 amide bonds. The Morgan fingerprint density at radius 3 is 2.42 bits per heavy atom. The van der Waals surface area contributed by atoms with Crippen LogP contribution in [0.2, 0.25) is 0 Å². The molecular formula is C10H16NO7P. The molecule has 1 fully saturated rings. The second kappa shape index (κ2) is 5.71. The number of amides is 1. The molecule has 3 atom stereocenters. The van der Waals surface area contributed by atoms with Gasteiger partial charge in [0.05, 0.1) is 5.92 Å². The summed E-state index contributed by atoms with van der Waals surface area (Å²) in [6, 6.07) is -1.25. The number of aliphatic carboxylic acids is 2. The monoisotopic (exact) mass is 293 g/mol. The molecule has 0 aromatic rings. The summed E-state index contributed by atoms with van der Waals surface area (Å²) >= 11 is 0. The fourth-order valence-corrected chi connectivity index (χ4v) is 2.70. The first-order valence-electron chi connectivity index (χ1n) is 5.66. The van der Waals surface area contributed by atoms with E-state index in [0.29, 0.717) is 0 Å². The van der Waals surface area contributed by atoms with Gasteiger partial charge in [0.1, 0.15) is 6.04 Å². The third-order valence-electron chi connectivity index (χ3n) is 2.99. The number of nitrogens with zero attached hydrogens (tertiary/aromatic N) is 1. The van der Waals surface area contributed by atoms with Gasteiger partial charge in [-0.3, -0.25) is 14.2 Å². The highest BCUT2D eigenvalue weighted by Gasteiger charge is 2.40. The Hall–Kier alpha value is -1.40. The van der Waals surface area contributed by atoms with Crippen LogP contribution in [-0.2, 0) is 18.9 Å². The van der Waals surface area contributed by atoms with Crippen LogP contribution in [0.1, 0.15) is 12.8 Å². The molecule has 3 N–H and O–H groups in total. The SMILES string of the molecule is CP(=O)(O)CCC(C(=O)O)N1CC(C(=O)O)CC1=O. The van der Waals surface area contributed by atoms with Crippen molar-refractivity contribution >= 4 is 25.2 Å². The topological polar surface area (TPSA) is 132 Å². The van der Waals surface area contributed by atoms with Gasteiger partial charge in [-0.25, -0.2) is 4.79 Å². The molecule has 1 rings (SSSR count). The summed E-state index contributed by atoms with van der Waals surface area (Å²) in [5, 5.41) is 17.9. The lowest BCUT2D eigenvalue weighted by Crippen LogP contribution is -2.43. The van der Waals surface area contributed by atoms with E-state index in [1.165, 1.54) is 0 Å². The Morgan fingerprint density at radius 2 is 2.05 bits per heavy atom. The second-order valence-corrected chi connectivity index (χ2v) is 7.25. The predicted octanol–water partition coefficient (Wildman–Crippen LogP) is -0.337. The van der Waals surface area contributed by atoms with Crippen LogP contribution in [0.5, 0.6) is 0 Å². The number of carboxylic acids is 2. The average molecular weight is 293 g/mol. The minimum atomic E-state index is -3.37. The van der Waals surface area contributed by atoms with E-state index in [-0.39, 0.29) is 25.5 Å². The van der Waals surface area contributed by atoms with Crippen LogP contribution in [0.3, 0.4) is 0 Å². The van der Waals surface area contributed by atoms with Gasteiger partial charge >= 0.3 is 11.9 Å². The van der Waals surface area contributed by atoms with E-state index in [1.54, 1.807) is 0 Å². The Kier molecular flexibility index (Phi) is 4.70. The van der Waals surface area contributed by atoms with Crippen LogP contribution in [0.15, 0.2) is 0 Å². The molecule has 9 heteroatoms. The largest absolute Gasteiger partial charge is 0.481 e. The molecule has 1 heterocycles. The molecule has 19 heavy (non-hydrogen) atoms. The van der Waals surface area contributed by atoms with Gasteiger partial charge in [0.25, 0.3) is 0 Å². The third-order valence-corrected chi connectivity index (χ3v) is 4.07. The van der Waals surface area contributed by atoms with Gasteiger partial charge in [-0.1, -0.05) is 0 Å². The van der Waals surface area contributed by atoms with Crippen molar-refractivity contribution < 1.29 is 34.1 Å². The molecule has 1 aliphatic heterocycles. The van der Waals surface area contributed by atoms with E-state index >= 15 is 0 Å². The van der Waals surface area contributed by atoms with Crippen LogP contribution in [-0.4, -0.2) is 63.3 Å². The fourth-order valence-electron chi connectivity index (χ4n) is 1.97. The van der Waals surface area contributed by atoms with E-state index in [4.69, 9.17) is 15.1 Å². The molecule has 8 nitrogen and oxygen atoms in total. The fraction of sp³-hybridized carbons (Fsp3) is 0.700. The van der Waals surface area contributed by atoms with Crippen molar-refractivity contribution in [2.24, 2.45) is 5.92 Å². The number of hydrogen-bond donors (Lipinski definition) is 3. The lowest BCUT2D eigenvalue weighted by molar-refractivity contribution is -0.148. The number of carboxylic acid groups (broad SMARTS) is 2. The zero-order valence-electron chi connectivity index (χ0n) is 10.4. The van der Waals surface area contributed by atoms with Gasteiger partial charge in [-0.15, -0.1) is 0 Å². The molecule has 0 bridgehead atoms. The van der Waals surface area contributed by atoms with E-state index in [1.807, 2.05) is 0 Å². The normalized spacial score (nSPS) is 24.0. The maximum absolute atomic E-state index is 11.6. The minimum Gasteiger partial charge on any atom is -0.481 e. The molecular weight excluding hydrogens is 277 g/mol. The first-order chi connectivity index (χ1) is 8.61. The number of carbonyl (C=O) groups excluding carboxylic acids is 1. The van der Waals surface area contributed by atoms with Crippen molar-refractivity contribution in [2.45, 2.75) is 18.9 Å². The molecule has 0 aromatic heterocycles. The van der Waals surface area contributed by atoms with Crippen molar-refractivity contribution in [3.63, 3.8) is 0 Å². The number of rotatable bonds is 6. The van der Waals surface area contributed by atoms with Crippen molar-refractivity contribution in [1.29, 1.82) is 0 Å². The zero-order valence-corrected chi connectivity index (χ0v) is 11.2. The van der Waals surface area contributed by atoms with Crippen molar-refractivity contribution in [2.75, 3.05) is 19.4 Å². The Bertz CT molecular complexity index is 443. The Balaban J connectivity index is 2.77. The van der Waals surface area contributed by atoms with Crippen molar-refractivity contribution in [3.8, 4) is 0 Å². The van der Waals surface area contributed by atoms with Crippen LogP contribution in [0.25, 0.3) is 0 Å². The maximum Gasteiger partial charge on any atom is 0.326 e. The van der Waals surface area contributed by atoms with Crippen LogP contribution in [0.4, 0.5) is 0 Å². The van der Waals surface area contributed by atoms with Crippen LogP contribution < -0.4 is 0 Å².